The van der Waals surface area contributed by atoms with Crippen molar-refractivity contribution in [3.8, 4) is 0 Å². The zero-order valence-electron chi connectivity index (χ0n) is 9.82. The largest absolute Gasteiger partial charge is 0.459 e. The van der Waals surface area contributed by atoms with E-state index in [-0.39, 0.29) is 19.1 Å². The summed E-state index contributed by atoms with van der Waals surface area (Å²) in [4.78, 5) is 13.2. The molecule has 0 fully saturated rings. The number of ether oxygens (including phenoxy) is 1. The molecule has 0 aromatic heterocycles. The monoisotopic (exact) mass is 215 g/mol. The standard InChI is InChI=1S/C11H21NO3/c1-5-6-12(7-8-13)9-10(14)15-11(2,3)4/h5,13H,1,6-9H2,2-4H3. The molecule has 0 amide bonds. The molecule has 0 rings (SSSR count). The number of aliphatic hydroxyl groups is 1. The first-order chi connectivity index (χ1) is 6.89. The molecule has 0 unspecified atom stereocenters. The predicted octanol–water partition coefficient (Wildman–Crippen LogP) is 0.808. The normalized spacial score (nSPS) is 11.5. The third-order valence-electron chi connectivity index (χ3n) is 1.58. The summed E-state index contributed by atoms with van der Waals surface area (Å²) in [5.41, 5.74) is -0.462. The summed E-state index contributed by atoms with van der Waals surface area (Å²) >= 11 is 0. The predicted molar refractivity (Wildman–Crippen MR) is 59.6 cm³/mol. The summed E-state index contributed by atoms with van der Waals surface area (Å²) in [5, 5.41) is 8.78. The van der Waals surface area contributed by atoms with Crippen LogP contribution < -0.4 is 0 Å². The molecule has 88 valence electrons. The van der Waals surface area contributed by atoms with Crippen LogP contribution in [0.5, 0.6) is 0 Å². The van der Waals surface area contributed by atoms with Crippen LogP contribution in [0.1, 0.15) is 20.8 Å². The highest BCUT2D eigenvalue weighted by molar-refractivity contribution is 5.72. The molecule has 0 aliphatic rings. The van der Waals surface area contributed by atoms with Gasteiger partial charge in [0.1, 0.15) is 5.60 Å². The molecule has 0 aliphatic carbocycles. The van der Waals surface area contributed by atoms with Crippen LogP contribution in [0, 0.1) is 0 Å². The first kappa shape index (κ1) is 14.1. The van der Waals surface area contributed by atoms with E-state index in [1.165, 1.54) is 0 Å². The molecule has 4 heteroatoms. The number of aliphatic hydroxyl groups excluding tert-OH is 1. The van der Waals surface area contributed by atoms with E-state index in [2.05, 4.69) is 6.58 Å². The molecule has 0 saturated heterocycles. The Morgan fingerprint density at radius 1 is 1.53 bits per heavy atom. The molecule has 4 nitrogen and oxygen atoms in total. The average Bonchev–Trinajstić information content (AvgIpc) is 2.00. The Labute approximate surface area is 91.5 Å². The van der Waals surface area contributed by atoms with E-state index in [0.29, 0.717) is 13.1 Å². The highest BCUT2D eigenvalue weighted by atomic mass is 16.6. The number of hydrogen-bond acceptors (Lipinski definition) is 4. The Morgan fingerprint density at radius 2 is 2.13 bits per heavy atom. The van der Waals surface area contributed by atoms with E-state index in [1.54, 1.807) is 11.0 Å². The lowest BCUT2D eigenvalue weighted by atomic mass is 10.2. The maximum Gasteiger partial charge on any atom is 0.320 e. The smallest absolute Gasteiger partial charge is 0.320 e. The van der Waals surface area contributed by atoms with Crippen LogP contribution in [0.4, 0.5) is 0 Å². The number of rotatable bonds is 6. The van der Waals surface area contributed by atoms with Crippen LogP contribution in [0.3, 0.4) is 0 Å². The summed E-state index contributed by atoms with van der Waals surface area (Å²) in [6.07, 6.45) is 1.69. The van der Waals surface area contributed by atoms with E-state index in [4.69, 9.17) is 9.84 Å². The molecule has 0 atom stereocenters. The number of hydrogen-bond donors (Lipinski definition) is 1. The van der Waals surface area contributed by atoms with E-state index in [0.717, 1.165) is 0 Å². The molecule has 0 bridgehead atoms. The Balaban J connectivity index is 4.04. The van der Waals surface area contributed by atoms with Crippen molar-refractivity contribution < 1.29 is 14.6 Å². The third kappa shape index (κ3) is 8.15. The van der Waals surface area contributed by atoms with Gasteiger partial charge in [0.05, 0.1) is 13.2 Å². The Hall–Kier alpha value is -0.870. The maximum atomic E-state index is 11.4. The van der Waals surface area contributed by atoms with Gasteiger partial charge in [-0.25, -0.2) is 0 Å². The number of carbonyl (C=O) groups excluding carboxylic acids is 1. The van der Waals surface area contributed by atoms with Gasteiger partial charge in [-0.2, -0.15) is 0 Å². The molecule has 0 aromatic rings. The second kappa shape index (κ2) is 6.58. The molecule has 0 radical (unpaired) electrons. The number of esters is 1. The average molecular weight is 215 g/mol. The lowest BCUT2D eigenvalue weighted by molar-refractivity contribution is -0.156. The molecule has 15 heavy (non-hydrogen) atoms. The topological polar surface area (TPSA) is 49.8 Å². The van der Waals surface area contributed by atoms with Crippen molar-refractivity contribution in [2.75, 3.05) is 26.2 Å². The molecular formula is C11H21NO3. The van der Waals surface area contributed by atoms with Crippen LogP contribution in [-0.2, 0) is 9.53 Å². The summed E-state index contributed by atoms with van der Waals surface area (Å²) in [5.74, 6) is -0.280. The van der Waals surface area contributed by atoms with Crippen LogP contribution >= 0.6 is 0 Å². The molecule has 1 N–H and O–H groups in total. The van der Waals surface area contributed by atoms with Gasteiger partial charge in [-0.1, -0.05) is 6.08 Å². The minimum atomic E-state index is -0.462. The summed E-state index contributed by atoms with van der Waals surface area (Å²) < 4.78 is 5.16. The van der Waals surface area contributed by atoms with Gasteiger partial charge >= 0.3 is 5.97 Å². The van der Waals surface area contributed by atoms with Gasteiger partial charge in [0.15, 0.2) is 0 Å². The van der Waals surface area contributed by atoms with Gasteiger partial charge in [0, 0.05) is 13.1 Å². The van der Waals surface area contributed by atoms with Crippen molar-refractivity contribution in [1.29, 1.82) is 0 Å². The highest BCUT2D eigenvalue weighted by Gasteiger charge is 2.18. The van der Waals surface area contributed by atoms with E-state index in [9.17, 15) is 4.79 Å². The quantitative estimate of drug-likeness (QED) is 0.526. The first-order valence-corrected chi connectivity index (χ1v) is 5.05. The lowest BCUT2D eigenvalue weighted by Crippen LogP contribution is -2.36. The second-order valence-corrected chi connectivity index (χ2v) is 4.33. The van der Waals surface area contributed by atoms with Gasteiger partial charge in [-0.15, -0.1) is 6.58 Å². The SMILES string of the molecule is C=CCN(CCO)CC(=O)OC(C)(C)C. The van der Waals surface area contributed by atoms with Crippen molar-refractivity contribution >= 4 is 5.97 Å². The molecule has 0 aromatic carbocycles. The fourth-order valence-electron chi connectivity index (χ4n) is 1.12. The molecule has 0 saturated carbocycles. The van der Waals surface area contributed by atoms with Crippen LogP contribution in [0.25, 0.3) is 0 Å². The zero-order chi connectivity index (χ0) is 11.9. The van der Waals surface area contributed by atoms with Crippen molar-refractivity contribution in [3.05, 3.63) is 12.7 Å². The minimum absolute atomic E-state index is 0.0244. The Kier molecular flexibility index (Phi) is 6.20. The van der Waals surface area contributed by atoms with Crippen LogP contribution in [-0.4, -0.2) is 47.8 Å². The minimum Gasteiger partial charge on any atom is -0.459 e. The molecule has 0 heterocycles. The lowest BCUT2D eigenvalue weighted by Gasteiger charge is -2.23. The van der Waals surface area contributed by atoms with E-state index < -0.39 is 5.60 Å². The van der Waals surface area contributed by atoms with Crippen molar-refractivity contribution in [2.45, 2.75) is 26.4 Å². The van der Waals surface area contributed by atoms with E-state index in [1.807, 2.05) is 20.8 Å². The van der Waals surface area contributed by atoms with Gasteiger partial charge in [-0.3, -0.25) is 9.69 Å². The van der Waals surface area contributed by atoms with Gasteiger partial charge in [0.2, 0.25) is 0 Å². The van der Waals surface area contributed by atoms with Crippen molar-refractivity contribution in [3.63, 3.8) is 0 Å². The summed E-state index contributed by atoms with van der Waals surface area (Å²) in [6.45, 7) is 10.3. The summed E-state index contributed by atoms with van der Waals surface area (Å²) in [6, 6.07) is 0. The molecular weight excluding hydrogens is 194 g/mol. The van der Waals surface area contributed by atoms with Crippen LogP contribution in [0.2, 0.25) is 0 Å². The fourth-order valence-corrected chi connectivity index (χ4v) is 1.12. The first-order valence-electron chi connectivity index (χ1n) is 5.05. The second-order valence-electron chi connectivity index (χ2n) is 4.33. The molecule has 0 aliphatic heterocycles. The Morgan fingerprint density at radius 3 is 2.53 bits per heavy atom. The van der Waals surface area contributed by atoms with Crippen LogP contribution in [0.15, 0.2) is 12.7 Å². The van der Waals surface area contributed by atoms with Gasteiger partial charge in [0.25, 0.3) is 0 Å². The zero-order valence-corrected chi connectivity index (χ0v) is 9.82. The molecule has 0 spiro atoms. The third-order valence-corrected chi connectivity index (χ3v) is 1.58. The maximum absolute atomic E-state index is 11.4. The van der Waals surface area contributed by atoms with E-state index >= 15 is 0 Å². The van der Waals surface area contributed by atoms with Crippen molar-refractivity contribution in [2.24, 2.45) is 0 Å². The van der Waals surface area contributed by atoms with Crippen molar-refractivity contribution in [1.82, 2.24) is 4.90 Å². The highest BCUT2D eigenvalue weighted by Crippen LogP contribution is 2.07. The summed E-state index contributed by atoms with van der Waals surface area (Å²) in [7, 11) is 0. The Bertz CT molecular complexity index is 208. The number of nitrogens with zero attached hydrogens (tertiary/aromatic N) is 1. The fraction of sp³-hybridized carbons (Fsp3) is 0.727. The van der Waals surface area contributed by atoms with Gasteiger partial charge < -0.3 is 9.84 Å². The van der Waals surface area contributed by atoms with Gasteiger partial charge in [-0.05, 0) is 20.8 Å². The number of carbonyl (C=O) groups is 1.